The van der Waals surface area contributed by atoms with E-state index in [1.54, 1.807) is 19.5 Å². The van der Waals surface area contributed by atoms with E-state index in [1.807, 2.05) is 0 Å². The zero-order valence-electron chi connectivity index (χ0n) is 11.0. The lowest BCUT2D eigenvalue weighted by atomic mass is 9.99. The Morgan fingerprint density at radius 3 is 2.79 bits per heavy atom. The normalized spacial score (nSPS) is 15.1. The van der Waals surface area contributed by atoms with Crippen LogP contribution in [0.3, 0.4) is 0 Å². The van der Waals surface area contributed by atoms with Crippen LogP contribution in [0.4, 0.5) is 0 Å². The molecule has 2 aromatic rings. The van der Waals surface area contributed by atoms with Gasteiger partial charge in [-0.3, -0.25) is 4.98 Å². The average Bonchev–Trinajstić information content (AvgIpc) is 2.93. The van der Waals surface area contributed by atoms with Gasteiger partial charge in [-0.05, 0) is 36.0 Å². The molecule has 19 heavy (non-hydrogen) atoms. The van der Waals surface area contributed by atoms with Gasteiger partial charge in [-0.15, -0.1) is 0 Å². The molecule has 1 heterocycles. The number of nitrogens with zero attached hydrogens (tertiary/aromatic N) is 2. The van der Waals surface area contributed by atoms with Gasteiger partial charge in [-0.25, -0.2) is 4.98 Å². The first-order chi connectivity index (χ1) is 9.29. The lowest BCUT2D eigenvalue weighted by molar-refractivity contribution is 0.387. The van der Waals surface area contributed by atoms with Crippen molar-refractivity contribution in [2.75, 3.05) is 7.11 Å². The maximum Gasteiger partial charge on any atom is 0.237 e. The minimum Gasteiger partial charge on any atom is -0.480 e. The van der Waals surface area contributed by atoms with E-state index in [4.69, 9.17) is 10.5 Å². The Bertz CT molecular complexity index is 598. The summed E-state index contributed by atoms with van der Waals surface area (Å²) in [4.78, 5) is 8.46. The highest BCUT2D eigenvalue weighted by atomic mass is 16.5. The summed E-state index contributed by atoms with van der Waals surface area (Å²) in [5, 5.41) is 0. The van der Waals surface area contributed by atoms with Crippen molar-refractivity contribution in [3.05, 3.63) is 53.0 Å². The van der Waals surface area contributed by atoms with Gasteiger partial charge in [0.15, 0.2) is 0 Å². The third-order valence-electron chi connectivity index (χ3n) is 3.66. The second-order valence-corrected chi connectivity index (χ2v) is 4.81. The fraction of sp³-hybridized carbons (Fsp3) is 0.333. The Morgan fingerprint density at radius 1 is 1.16 bits per heavy atom. The number of methoxy groups -OCH3 is 1. The van der Waals surface area contributed by atoms with Crippen LogP contribution in [0, 0.1) is 0 Å². The molecule has 1 unspecified atom stereocenters. The number of fused-ring (bicyclic) bond motifs is 1. The lowest BCUT2D eigenvalue weighted by Gasteiger charge is -2.15. The van der Waals surface area contributed by atoms with E-state index in [9.17, 15) is 0 Å². The quantitative estimate of drug-likeness (QED) is 0.911. The molecule has 98 valence electrons. The molecule has 0 amide bonds. The molecule has 1 aliphatic carbocycles. The van der Waals surface area contributed by atoms with Gasteiger partial charge in [-0.1, -0.05) is 18.2 Å². The number of nitrogens with two attached hydrogens (primary N) is 1. The van der Waals surface area contributed by atoms with Crippen LogP contribution in [-0.4, -0.2) is 17.1 Å². The number of ether oxygens (including phenoxy) is 1. The highest BCUT2D eigenvalue weighted by Gasteiger charge is 2.19. The molecule has 2 N–H and O–H groups in total. The Morgan fingerprint density at radius 2 is 1.95 bits per heavy atom. The van der Waals surface area contributed by atoms with Crippen LogP contribution in [0.2, 0.25) is 0 Å². The van der Waals surface area contributed by atoms with Crippen molar-refractivity contribution in [2.45, 2.75) is 25.3 Å². The number of rotatable bonds is 3. The van der Waals surface area contributed by atoms with Gasteiger partial charge in [0.05, 0.1) is 13.2 Å². The van der Waals surface area contributed by atoms with Gasteiger partial charge in [-0.2, -0.15) is 0 Å². The smallest absolute Gasteiger partial charge is 0.237 e. The molecule has 1 aromatic heterocycles. The molecular formula is C15H17N3O. The van der Waals surface area contributed by atoms with E-state index < -0.39 is 0 Å². The maximum atomic E-state index is 6.30. The van der Waals surface area contributed by atoms with Crippen molar-refractivity contribution in [1.29, 1.82) is 0 Å². The van der Waals surface area contributed by atoms with Gasteiger partial charge in [0.1, 0.15) is 5.69 Å². The summed E-state index contributed by atoms with van der Waals surface area (Å²) in [7, 11) is 1.59. The van der Waals surface area contributed by atoms with Gasteiger partial charge in [0.25, 0.3) is 0 Å². The maximum absolute atomic E-state index is 6.30. The average molecular weight is 255 g/mol. The van der Waals surface area contributed by atoms with Crippen LogP contribution >= 0.6 is 0 Å². The first-order valence-electron chi connectivity index (χ1n) is 6.52. The standard InChI is InChI=1S/C15H17N3O/c1-19-15-14(17-7-8-18-15)13(16)12-6-5-10-3-2-4-11(10)9-12/h5-9,13H,2-4,16H2,1H3. The van der Waals surface area contributed by atoms with Crippen LogP contribution in [0.1, 0.15) is 34.8 Å². The first-order valence-corrected chi connectivity index (χ1v) is 6.52. The van der Waals surface area contributed by atoms with E-state index in [2.05, 4.69) is 28.2 Å². The van der Waals surface area contributed by atoms with Crippen molar-refractivity contribution < 1.29 is 4.74 Å². The Hall–Kier alpha value is -1.94. The third-order valence-corrected chi connectivity index (χ3v) is 3.66. The van der Waals surface area contributed by atoms with Crippen LogP contribution in [-0.2, 0) is 12.8 Å². The zero-order chi connectivity index (χ0) is 13.2. The predicted octanol–water partition coefficient (Wildman–Crippen LogP) is 2.02. The minimum absolute atomic E-state index is 0.297. The first kappa shape index (κ1) is 12.1. The summed E-state index contributed by atoms with van der Waals surface area (Å²) >= 11 is 0. The summed E-state index contributed by atoms with van der Waals surface area (Å²) in [6.45, 7) is 0. The number of benzene rings is 1. The predicted molar refractivity (Wildman–Crippen MR) is 73.1 cm³/mol. The Labute approximate surface area is 112 Å². The van der Waals surface area contributed by atoms with E-state index >= 15 is 0 Å². The molecule has 0 spiro atoms. The fourth-order valence-corrected chi connectivity index (χ4v) is 2.65. The Kier molecular flexibility index (Phi) is 3.17. The van der Waals surface area contributed by atoms with Crippen molar-refractivity contribution >= 4 is 0 Å². The third kappa shape index (κ3) is 2.19. The van der Waals surface area contributed by atoms with E-state index in [-0.39, 0.29) is 6.04 Å². The van der Waals surface area contributed by atoms with Crippen LogP contribution < -0.4 is 10.5 Å². The largest absolute Gasteiger partial charge is 0.480 e. The molecule has 4 heteroatoms. The second-order valence-electron chi connectivity index (χ2n) is 4.81. The molecule has 0 saturated heterocycles. The molecule has 1 aliphatic rings. The van der Waals surface area contributed by atoms with Crippen molar-refractivity contribution in [2.24, 2.45) is 5.73 Å². The van der Waals surface area contributed by atoms with E-state index in [0.29, 0.717) is 11.6 Å². The summed E-state index contributed by atoms with van der Waals surface area (Å²) < 4.78 is 5.23. The number of aromatic nitrogens is 2. The molecule has 1 aromatic carbocycles. The zero-order valence-corrected chi connectivity index (χ0v) is 11.0. The molecule has 0 bridgehead atoms. The minimum atomic E-state index is -0.297. The topological polar surface area (TPSA) is 61.0 Å². The molecule has 3 rings (SSSR count). The van der Waals surface area contributed by atoms with Crippen LogP contribution in [0.5, 0.6) is 5.88 Å². The van der Waals surface area contributed by atoms with Gasteiger partial charge >= 0.3 is 0 Å². The lowest BCUT2D eigenvalue weighted by Crippen LogP contribution is -2.15. The highest BCUT2D eigenvalue weighted by Crippen LogP contribution is 2.28. The monoisotopic (exact) mass is 255 g/mol. The van der Waals surface area contributed by atoms with Gasteiger partial charge in [0, 0.05) is 12.4 Å². The van der Waals surface area contributed by atoms with Crippen LogP contribution in [0.25, 0.3) is 0 Å². The summed E-state index contributed by atoms with van der Waals surface area (Å²) in [5.74, 6) is 0.496. The van der Waals surface area contributed by atoms with Crippen LogP contribution in [0.15, 0.2) is 30.6 Å². The SMILES string of the molecule is COc1nccnc1C(N)c1ccc2c(c1)CCC2. The van der Waals surface area contributed by atoms with Gasteiger partial charge in [0.2, 0.25) is 5.88 Å². The van der Waals surface area contributed by atoms with Crippen molar-refractivity contribution in [3.63, 3.8) is 0 Å². The summed E-state index contributed by atoms with van der Waals surface area (Å²) in [6.07, 6.45) is 6.82. The fourth-order valence-electron chi connectivity index (χ4n) is 2.65. The summed E-state index contributed by atoms with van der Waals surface area (Å²) in [5.41, 5.74) is 10.9. The number of hydrogen-bond donors (Lipinski definition) is 1. The summed E-state index contributed by atoms with van der Waals surface area (Å²) in [6, 6.07) is 6.17. The molecule has 0 saturated carbocycles. The van der Waals surface area contributed by atoms with Gasteiger partial charge < -0.3 is 10.5 Å². The van der Waals surface area contributed by atoms with E-state index in [0.717, 1.165) is 12.0 Å². The molecule has 4 nitrogen and oxygen atoms in total. The van der Waals surface area contributed by atoms with E-state index in [1.165, 1.54) is 24.0 Å². The number of hydrogen-bond acceptors (Lipinski definition) is 4. The Balaban J connectivity index is 1.97. The highest BCUT2D eigenvalue weighted by molar-refractivity contribution is 5.40. The molecule has 0 radical (unpaired) electrons. The molecule has 1 atom stereocenters. The molecule has 0 aliphatic heterocycles. The molecular weight excluding hydrogens is 238 g/mol. The number of aryl methyl sites for hydroxylation is 2. The van der Waals surface area contributed by atoms with Crippen molar-refractivity contribution in [3.8, 4) is 5.88 Å². The second kappa shape index (κ2) is 4.97. The molecule has 0 fully saturated rings. The van der Waals surface area contributed by atoms with Crippen molar-refractivity contribution in [1.82, 2.24) is 9.97 Å².